The van der Waals surface area contributed by atoms with Gasteiger partial charge in [0.05, 0.1) is 5.56 Å². The molecule has 2 N–H and O–H groups in total. The number of carbonyl (C=O) groups is 3. The van der Waals surface area contributed by atoms with Crippen LogP contribution in [-0.4, -0.2) is 48.4 Å². The number of hydrogen-bond acceptors (Lipinski definition) is 4. The maximum Gasteiger partial charge on any atom is 0.335 e. The summed E-state index contributed by atoms with van der Waals surface area (Å²) < 4.78 is 0. The minimum atomic E-state index is -0.920. The van der Waals surface area contributed by atoms with Crippen molar-refractivity contribution in [2.75, 3.05) is 30.9 Å². The molecule has 188 valence electrons. The average molecular weight is 496 g/mol. The molecule has 7 nitrogen and oxygen atoms in total. The van der Waals surface area contributed by atoms with Crippen molar-refractivity contribution in [1.29, 1.82) is 0 Å². The van der Waals surface area contributed by atoms with Crippen LogP contribution in [-0.2, 0) is 22.4 Å². The lowest BCUT2D eigenvalue weighted by atomic mass is 9.79. The van der Waals surface area contributed by atoms with Gasteiger partial charge in [0.25, 0.3) is 0 Å². The monoisotopic (exact) mass is 495 g/mol. The number of fused-ring (bicyclic) bond motifs is 2. The predicted molar refractivity (Wildman–Crippen MR) is 144 cm³/mol. The summed E-state index contributed by atoms with van der Waals surface area (Å²) in [7, 11) is 3.39. The molecule has 1 aliphatic heterocycles. The zero-order valence-corrected chi connectivity index (χ0v) is 21.0. The van der Waals surface area contributed by atoms with Crippen molar-refractivity contribution in [3.63, 3.8) is 0 Å². The summed E-state index contributed by atoms with van der Waals surface area (Å²) in [6.45, 7) is 0.611. The first-order valence-electron chi connectivity index (χ1n) is 12.4. The highest BCUT2D eigenvalue weighted by atomic mass is 16.4. The number of anilines is 2. The normalized spacial score (nSPS) is 14.8. The Balaban J connectivity index is 1.40. The minimum Gasteiger partial charge on any atom is -0.478 e. The molecule has 0 unspecified atom stereocenters. The van der Waals surface area contributed by atoms with E-state index < -0.39 is 5.97 Å². The number of carboxylic acid groups (broad SMARTS) is 1. The second-order valence-electron chi connectivity index (χ2n) is 9.63. The molecule has 0 radical (unpaired) electrons. The molecule has 1 aliphatic carbocycles. The van der Waals surface area contributed by atoms with Gasteiger partial charge in [-0.25, -0.2) is 4.79 Å². The van der Waals surface area contributed by atoms with Gasteiger partial charge in [0.15, 0.2) is 0 Å². The molecule has 2 aliphatic rings. The minimum absolute atomic E-state index is 0.0337. The highest BCUT2D eigenvalue weighted by Gasteiger charge is 2.27. The van der Waals surface area contributed by atoms with Crippen LogP contribution in [0.4, 0.5) is 11.4 Å². The standard InChI is InChI=1S/C30H29N3O4/c1-32(2)27(34)12-13-28(35)33-15-14-20-17-23(9-11-26(20)33)31-29(19-6-4-3-5-7-19)25-18-22-16-21(30(36)37)8-10-24(22)25/h3-11,16-17,31H,12-15,18H2,1-2H3,(H,36,37)/b29-25+. The van der Waals surface area contributed by atoms with Gasteiger partial charge in [0.2, 0.25) is 11.8 Å². The van der Waals surface area contributed by atoms with Crippen molar-refractivity contribution in [3.05, 3.63) is 94.5 Å². The molecule has 0 atom stereocenters. The molecular formula is C30H29N3O4. The summed E-state index contributed by atoms with van der Waals surface area (Å²) in [5.41, 5.74) is 8.49. The van der Waals surface area contributed by atoms with Gasteiger partial charge in [-0.3, -0.25) is 9.59 Å². The Morgan fingerprint density at radius 3 is 2.41 bits per heavy atom. The quantitative estimate of drug-likeness (QED) is 0.497. The van der Waals surface area contributed by atoms with Crippen LogP contribution >= 0.6 is 0 Å². The first-order valence-corrected chi connectivity index (χ1v) is 12.4. The highest BCUT2D eigenvalue weighted by molar-refractivity contribution is 6.03. The fourth-order valence-electron chi connectivity index (χ4n) is 4.95. The molecule has 37 heavy (non-hydrogen) atoms. The van der Waals surface area contributed by atoms with Crippen molar-refractivity contribution in [2.24, 2.45) is 0 Å². The fourth-order valence-corrected chi connectivity index (χ4v) is 4.95. The second kappa shape index (κ2) is 9.93. The zero-order valence-electron chi connectivity index (χ0n) is 21.0. The molecule has 0 saturated carbocycles. The van der Waals surface area contributed by atoms with Crippen molar-refractivity contribution in [1.82, 2.24) is 4.90 Å². The number of allylic oxidation sites excluding steroid dienone is 1. The molecule has 3 aromatic rings. The van der Waals surface area contributed by atoms with E-state index in [1.165, 1.54) is 4.90 Å². The maximum absolute atomic E-state index is 12.8. The van der Waals surface area contributed by atoms with Gasteiger partial charge < -0.3 is 20.2 Å². The highest BCUT2D eigenvalue weighted by Crippen LogP contribution is 2.41. The number of rotatable bonds is 7. The third-order valence-electron chi connectivity index (χ3n) is 7.01. The van der Waals surface area contributed by atoms with E-state index in [9.17, 15) is 19.5 Å². The maximum atomic E-state index is 12.8. The van der Waals surface area contributed by atoms with Crippen LogP contribution in [0.25, 0.3) is 11.3 Å². The Bertz CT molecular complexity index is 1430. The lowest BCUT2D eigenvalue weighted by molar-refractivity contribution is -0.130. The van der Waals surface area contributed by atoms with Crippen LogP contribution in [0.5, 0.6) is 0 Å². The summed E-state index contributed by atoms with van der Waals surface area (Å²) in [6, 6.07) is 21.4. The summed E-state index contributed by atoms with van der Waals surface area (Å²) in [5.74, 6) is -1.00. The predicted octanol–water partition coefficient (Wildman–Crippen LogP) is 4.68. The molecule has 0 bridgehead atoms. The Labute approximate surface area is 216 Å². The summed E-state index contributed by atoms with van der Waals surface area (Å²) in [6.07, 6.45) is 1.85. The molecule has 0 aromatic heterocycles. The van der Waals surface area contributed by atoms with E-state index in [0.717, 1.165) is 51.3 Å². The van der Waals surface area contributed by atoms with Crippen LogP contribution in [0.1, 0.15) is 45.5 Å². The number of hydrogen-bond donors (Lipinski definition) is 2. The summed E-state index contributed by atoms with van der Waals surface area (Å²) in [4.78, 5) is 39.3. The molecule has 0 spiro atoms. The van der Waals surface area contributed by atoms with Crippen LogP contribution in [0, 0.1) is 0 Å². The van der Waals surface area contributed by atoms with Gasteiger partial charge in [0, 0.05) is 57.0 Å². The Hall–Kier alpha value is -4.39. The van der Waals surface area contributed by atoms with E-state index in [-0.39, 0.29) is 24.7 Å². The van der Waals surface area contributed by atoms with Gasteiger partial charge in [-0.1, -0.05) is 36.4 Å². The van der Waals surface area contributed by atoms with Crippen LogP contribution in [0.3, 0.4) is 0 Å². The number of nitrogens with zero attached hydrogens (tertiary/aromatic N) is 2. The third kappa shape index (κ3) is 4.85. The molecule has 3 aromatic carbocycles. The van der Waals surface area contributed by atoms with Gasteiger partial charge >= 0.3 is 5.97 Å². The van der Waals surface area contributed by atoms with Crippen LogP contribution < -0.4 is 10.2 Å². The van der Waals surface area contributed by atoms with Crippen molar-refractivity contribution < 1.29 is 19.5 Å². The summed E-state index contributed by atoms with van der Waals surface area (Å²) in [5, 5.41) is 12.9. The number of nitrogens with one attached hydrogen (secondary N) is 1. The lowest BCUT2D eigenvalue weighted by Crippen LogP contribution is -2.30. The van der Waals surface area contributed by atoms with Crippen LogP contribution in [0.15, 0.2) is 66.7 Å². The average Bonchev–Trinajstić information content (AvgIpc) is 3.30. The van der Waals surface area contributed by atoms with E-state index in [1.807, 2.05) is 36.4 Å². The SMILES string of the molecule is CN(C)C(=O)CCC(=O)N1CCc2cc(N/C(=C3\Cc4cc(C(=O)O)ccc43)c3ccccc3)ccc21. The first-order chi connectivity index (χ1) is 17.8. The van der Waals surface area contributed by atoms with Crippen LogP contribution in [0.2, 0.25) is 0 Å². The summed E-state index contributed by atoms with van der Waals surface area (Å²) >= 11 is 0. The fraction of sp³-hybridized carbons (Fsp3) is 0.233. The Morgan fingerprint density at radius 2 is 1.70 bits per heavy atom. The lowest BCUT2D eigenvalue weighted by Gasteiger charge is -2.28. The van der Waals surface area contributed by atoms with E-state index in [2.05, 4.69) is 23.5 Å². The third-order valence-corrected chi connectivity index (χ3v) is 7.01. The van der Waals surface area contributed by atoms with Crippen molar-refractivity contribution in [3.8, 4) is 0 Å². The Kier molecular flexibility index (Phi) is 6.53. The molecule has 1 heterocycles. The van der Waals surface area contributed by atoms with E-state index in [0.29, 0.717) is 18.5 Å². The smallest absolute Gasteiger partial charge is 0.335 e. The van der Waals surface area contributed by atoms with Crippen molar-refractivity contribution >= 4 is 40.4 Å². The number of carbonyl (C=O) groups excluding carboxylic acids is 2. The molecule has 7 heteroatoms. The molecule has 0 saturated heterocycles. The van der Waals surface area contributed by atoms with Gasteiger partial charge in [-0.2, -0.15) is 0 Å². The van der Waals surface area contributed by atoms with E-state index in [1.54, 1.807) is 31.1 Å². The molecule has 0 fully saturated rings. The number of carboxylic acids is 1. The largest absolute Gasteiger partial charge is 0.478 e. The molecule has 5 rings (SSSR count). The molecular weight excluding hydrogens is 466 g/mol. The van der Waals surface area contributed by atoms with Gasteiger partial charge in [0.1, 0.15) is 0 Å². The topological polar surface area (TPSA) is 90.0 Å². The molecule has 2 amide bonds. The second-order valence-corrected chi connectivity index (χ2v) is 9.63. The first kappa shape index (κ1) is 24.3. The number of benzene rings is 3. The van der Waals surface area contributed by atoms with Gasteiger partial charge in [-0.05, 0) is 64.6 Å². The van der Waals surface area contributed by atoms with E-state index in [4.69, 9.17) is 0 Å². The van der Waals surface area contributed by atoms with Crippen molar-refractivity contribution in [2.45, 2.75) is 25.7 Å². The van der Waals surface area contributed by atoms with E-state index >= 15 is 0 Å². The number of aromatic carboxylic acids is 1. The van der Waals surface area contributed by atoms with Gasteiger partial charge in [-0.15, -0.1) is 0 Å². The number of amides is 2. The Morgan fingerprint density at radius 1 is 0.919 bits per heavy atom. The zero-order chi connectivity index (χ0) is 26.1.